The Labute approximate surface area is 199 Å². The summed E-state index contributed by atoms with van der Waals surface area (Å²) in [5.74, 6) is 1.40. The number of aromatic nitrogens is 2. The molecule has 33 heavy (non-hydrogen) atoms. The fraction of sp³-hybridized carbons (Fsp3) is 0.167. The first-order valence-corrected chi connectivity index (χ1v) is 12.0. The molecule has 4 aromatic rings. The summed E-state index contributed by atoms with van der Waals surface area (Å²) in [6, 6.07) is 19.2. The smallest absolute Gasteiger partial charge is 0.268 e. The molecule has 166 valence electrons. The van der Waals surface area contributed by atoms with Gasteiger partial charge in [-0.25, -0.2) is 0 Å². The Kier molecular flexibility index (Phi) is 7.40. The summed E-state index contributed by atoms with van der Waals surface area (Å²) in [4.78, 5) is 12.6. The van der Waals surface area contributed by atoms with Crippen LogP contribution in [0.15, 0.2) is 80.4 Å². The van der Waals surface area contributed by atoms with Crippen LogP contribution in [0.5, 0.6) is 0 Å². The molecule has 7 nitrogen and oxygen atoms in total. The Morgan fingerprint density at radius 3 is 2.79 bits per heavy atom. The highest BCUT2D eigenvalue weighted by Gasteiger charge is 2.19. The second-order valence-electron chi connectivity index (χ2n) is 6.97. The third-order valence-corrected chi connectivity index (χ3v) is 6.65. The number of nitrogens with one attached hydrogen (secondary N) is 1. The lowest BCUT2D eigenvalue weighted by molar-refractivity contribution is -0.112. The molecular formula is C24H20N4O3S2. The summed E-state index contributed by atoms with van der Waals surface area (Å²) in [6.45, 7) is 2.08. The predicted molar refractivity (Wildman–Crippen MR) is 128 cm³/mol. The van der Waals surface area contributed by atoms with Gasteiger partial charge in [-0.2, -0.15) is 5.26 Å². The van der Waals surface area contributed by atoms with E-state index in [0.717, 1.165) is 22.8 Å². The molecule has 4 rings (SSSR count). The first-order valence-electron chi connectivity index (χ1n) is 10.2. The van der Waals surface area contributed by atoms with Crippen LogP contribution in [0.2, 0.25) is 0 Å². The van der Waals surface area contributed by atoms with Crippen LogP contribution in [-0.2, 0) is 10.5 Å². The first kappa shape index (κ1) is 22.6. The van der Waals surface area contributed by atoms with Crippen molar-refractivity contribution in [2.75, 3.05) is 5.32 Å². The SMILES string of the molecule is CCC(c1ccccc1)c1nnc(NC(=O)/C(C#N)=C\c2ccc(SCc3ccco3)o2)s1. The molecule has 0 aliphatic rings. The van der Waals surface area contributed by atoms with Crippen molar-refractivity contribution in [1.82, 2.24) is 10.2 Å². The van der Waals surface area contributed by atoms with Crippen LogP contribution in [-0.4, -0.2) is 16.1 Å². The van der Waals surface area contributed by atoms with Crippen LogP contribution in [0.4, 0.5) is 5.13 Å². The van der Waals surface area contributed by atoms with Gasteiger partial charge in [0.05, 0.1) is 12.0 Å². The largest absolute Gasteiger partial charge is 0.468 e. The Balaban J connectivity index is 1.41. The Morgan fingerprint density at radius 1 is 1.21 bits per heavy atom. The maximum atomic E-state index is 12.6. The molecule has 0 radical (unpaired) electrons. The van der Waals surface area contributed by atoms with Crippen LogP contribution in [0, 0.1) is 11.3 Å². The maximum absolute atomic E-state index is 12.6. The number of hydrogen-bond donors (Lipinski definition) is 1. The van der Waals surface area contributed by atoms with Gasteiger partial charge in [0, 0.05) is 12.0 Å². The zero-order valence-electron chi connectivity index (χ0n) is 17.7. The molecule has 0 spiro atoms. The number of rotatable bonds is 9. The van der Waals surface area contributed by atoms with E-state index in [1.807, 2.05) is 36.4 Å². The number of carbonyl (C=O) groups is 1. The number of thioether (sulfide) groups is 1. The van der Waals surface area contributed by atoms with E-state index in [2.05, 4.69) is 34.6 Å². The van der Waals surface area contributed by atoms with Gasteiger partial charge in [0.25, 0.3) is 5.91 Å². The second kappa shape index (κ2) is 10.8. The fourth-order valence-electron chi connectivity index (χ4n) is 3.15. The maximum Gasteiger partial charge on any atom is 0.268 e. The van der Waals surface area contributed by atoms with E-state index < -0.39 is 5.91 Å². The first-order chi connectivity index (χ1) is 16.2. The molecule has 0 saturated carbocycles. The van der Waals surface area contributed by atoms with Crippen LogP contribution in [0.1, 0.15) is 41.4 Å². The van der Waals surface area contributed by atoms with E-state index >= 15 is 0 Å². The zero-order valence-corrected chi connectivity index (χ0v) is 19.4. The Morgan fingerprint density at radius 2 is 2.06 bits per heavy atom. The standard InChI is InChI=1S/C24H20N4O3S2/c1-2-20(16-7-4-3-5-8-16)23-27-28-24(33-23)26-22(29)17(14-25)13-18-10-11-21(31-18)32-15-19-9-6-12-30-19/h3-13,20H,2,15H2,1H3,(H,26,28,29)/b17-13-. The molecule has 1 aromatic carbocycles. The lowest BCUT2D eigenvalue weighted by Crippen LogP contribution is -2.13. The van der Waals surface area contributed by atoms with Gasteiger partial charge in [0.2, 0.25) is 5.13 Å². The van der Waals surface area contributed by atoms with Crippen molar-refractivity contribution >= 4 is 40.2 Å². The van der Waals surface area contributed by atoms with Gasteiger partial charge in [0.1, 0.15) is 28.2 Å². The van der Waals surface area contributed by atoms with Gasteiger partial charge < -0.3 is 8.83 Å². The minimum absolute atomic E-state index is 0.0845. The van der Waals surface area contributed by atoms with Crippen LogP contribution < -0.4 is 5.32 Å². The topological polar surface area (TPSA) is 105 Å². The van der Waals surface area contributed by atoms with Crippen molar-refractivity contribution in [2.24, 2.45) is 0 Å². The number of nitriles is 1. The molecule has 9 heteroatoms. The van der Waals surface area contributed by atoms with E-state index in [9.17, 15) is 10.1 Å². The van der Waals surface area contributed by atoms with Crippen LogP contribution in [0.25, 0.3) is 6.08 Å². The molecule has 3 heterocycles. The van der Waals surface area contributed by atoms with Gasteiger partial charge in [-0.05, 0) is 36.2 Å². The minimum atomic E-state index is -0.561. The van der Waals surface area contributed by atoms with E-state index in [-0.39, 0.29) is 11.5 Å². The van der Waals surface area contributed by atoms with Crippen molar-refractivity contribution in [3.05, 3.63) is 88.5 Å². The summed E-state index contributed by atoms with van der Waals surface area (Å²) in [5, 5.41) is 22.3. The molecule has 0 aliphatic heterocycles. The summed E-state index contributed by atoms with van der Waals surface area (Å²) in [5.41, 5.74) is 1.06. The predicted octanol–water partition coefficient (Wildman–Crippen LogP) is 6.10. The van der Waals surface area contributed by atoms with Gasteiger partial charge in [-0.3, -0.25) is 10.1 Å². The number of nitrogens with zero attached hydrogens (tertiary/aromatic N) is 3. The van der Waals surface area contributed by atoms with Gasteiger partial charge in [-0.15, -0.1) is 10.2 Å². The zero-order chi connectivity index (χ0) is 23.0. The Bertz CT molecular complexity index is 1270. The number of hydrogen-bond acceptors (Lipinski definition) is 8. The Hall–Kier alpha value is -3.61. The average Bonchev–Trinajstić information content (AvgIpc) is 3.60. The molecule has 1 atom stereocenters. The molecule has 3 aromatic heterocycles. The fourth-order valence-corrected chi connectivity index (χ4v) is 4.86. The van der Waals surface area contributed by atoms with Crippen molar-refractivity contribution in [3.63, 3.8) is 0 Å². The monoisotopic (exact) mass is 476 g/mol. The summed E-state index contributed by atoms with van der Waals surface area (Å²) in [7, 11) is 0. The number of benzene rings is 1. The van der Waals surface area contributed by atoms with Crippen LogP contribution >= 0.6 is 23.1 Å². The van der Waals surface area contributed by atoms with E-state index in [1.54, 1.807) is 18.4 Å². The second-order valence-corrected chi connectivity index (χ2v) is 8.95. The third kappa shape index (κ3) is 5.80. The average molecular weight is 477 g/mol. The van der Waals surface area contributed by atoms with E-state index in [4.69, 9.17) is 8.83 Å². The number of amides is 1. The third-order valence-electron chi connectivity index (χ3n) is 4.76. The van der Waals surface area contributed by atoms with Crippen molar-refractivity contribution in [3.8, 4) is 6.07 Å². The molecule has 1 unspecified atom stereocenters. The molecular weight excluding hydrogens is 456 g/mol. The summed E-state index contributed by atoms with van der Waals surface area (Å²) >= 11 is 2.77. The highest BCUT2D eigenvalue weighted by molar-refractivity contribution is 7.98. The molecule has 0 saturated heterocycles. The molecule has 0 bridgehead atoms. The number of anilines is 1. The van der Waals surface area contributed by atoms with Gasteiger partial charge in [-0.1, -0.05) is 60.4 Å². The number of carbonyl (C=O) groups excluding carboxylic acids is 1. The molecule has 1 N–H and O–H groups in total. The summed E-state index contributed by atoms with van der Waals surface area (Å²) < 4.78 is 11.0. The van der Waals surface area contributed by atoms with Crippen LogP contribution in [0.3, 0.4) is 0 Å². The van der Waals surface area contributed by atoms with E-state index in [1.165, 1.54) is 29.2 Å². The quantitative estimate of drug-likeness (QED) is 0.177. The lowest BCUT2D eigenvalue weighted by atomic mass is 9.97. The molecule has 0 aliphatic carbocycles. The minimum Gasteiger partial charge on any atom is -0.468 e. The highest BCUT2D eigenvalue weighted by Crippen LogP contribution is 2.32. The molecule has 0 fully saturated rings. The highest BCUT2D eigenvalue weighted by atomic mass is 32.2. The van der Waals surface area contributed by atoms with Gasteiger partial charge >= 0.3 is 0 Å². The normalized spacial score (nSPS) is 12.3. The number of furan rings is 2. The molecule has 1 amide bonds. The van der Waals surface area contributed by atoms with Gasteiger partial charge in [0.15, 0.2) is 5.09 Å². The van der Waals surface area contributed by atoms with Crippen molar-refractivity contribution in [2.45, 2.75) is 30.1 Å². The summed E-state index contributed by atoms with van der Waals surface area (Å²) in [6.07, 6.45) is 3.89. The van der Waals surface area contributed by atoms with Crippen molar-refractivity contribution in [1.29, 1.82) is 5.26 Å². The lowest BCUT2D eigenvalue weighted by Gasteiger charge is -2.10. The van der Waals surface area contributed by atoms with E-state index in [0.29, 0.717) is 21.7 Å². The van der Waals surface area contributed by atoms with Crippen molar-refractivity contribution < 1.29 is 13.6 Å².